The van der Waals surface area contributed by atoms with Crippen molar-refractivity contribution in [3.63, 3.8) is 0 Å². The molecule has 7 nitrogen and oxygen atoms in total. The highest BCUT2D eigenvalue weighted by molar-refractivity contribution is 5.94. The lowest BCUT2D eigenvalue weighted by Gasteiger charge is -2.34. The maximum atomic E-state index is 13.5. The number of amides is 1. The Hall–Kier alpha value is -2.51. The molecule has 21 heavy (non-hydrogen) atoms. The minimum atomic E-state index is -1.29. The van der Waals surface area contributed by atoms with Gasteiger partial charge < -0.3 is 15.1 Å². The lowest BCUT2D eigenvalue weighted by molar-refractivity contribution is -0.156. The Balaban J connectivity index is 2.20. The molecule has 1 amide bonds. The van der Waals surface area contributed by atoms with Crippen molar-refractivity contribution in [3.8, 4) is 0 Å². The average Bonchev–Trinajstić information content (AvgIpc) is 2.46. The van der Waals surface area contributed by atoms with Gasteiger partial charge in [-0.15, -0.1) is 0 Å². The molecule has 0 radical (unpaired) electrons. The van der Waals surface area contributed by atoms with Crippen LogP contribution in [-0.2, 0) is 9.59 Å². The summed E-state index contributed by atoms with van der Waals surface area (Å²) in [6.45, 7) is -0.201. The fraction of sp³-hybridized carbons (Fsp3) is 0.385. The van der Waals surface area contributed by atoms with Gasteiger partial charge in [0.1, 0.15) is 0 Å². The molecule has 1 saturated heterocycles. The molecule has 2 unspecified atom stereocenters. The molecule has 112 valence electrons. The van der Waals surface area contributed by atoms with E-state index in [1.54, 1.807) is 0 Å². The van der Waals surface area contributed by atoms with Crippen molar-refractivity contribution < 1.29 is 29.0 Å². The molecule has 1 aromatic rings. The number of carbonyl (C=O) groups excluding carboxylic acids is 1. The SMILES string of the molecule is O=C(O)C1CCN(C(=O)c2cccnc2F)CC1C(=O)O. The molecule has 2 heterocycles. The molecule has 0 aromatic carbocycles. The van der Waals surface area contributed by atoms with Crippen LogP contribution in [-0.4, -0.2) is 51.0 Å². The van der Waals surface area contributed by atoms with Gasteiger partial charge in [-0.1, -0.05) is 0 Å². The van der Waals surface area contributed by atoms with Crippen LogP contribution in [0.15, 0.2) is 18.3 Å². The Labute approximate surface area is 119 Å². The van der Waals surface area contributed by atoms with Gasteiger partial charge in [0.05, 0.1) is 17.4 Å². The van der Waals surface area contributed by atoms with Crippen molar-refractivity contribution in [1.82, 2.24) is 9.88 Å². The van der Waals surface area contributed by atoms with Crippen LogP contribution in [0, 0.1) is 17.8 Å². The number of rotatable bonds is 3. The van der Waals surface area contributed by atoms with Gasteiger partial charge in [-0.3, -0.25) is 14.4 Å². The predicted molar refractivity (Wildman–Crippen MR) is 67.0 cm³/mol. The van der Waals surface area contributed by atoms with Gasteiger partial charge in [0.15, 0.2) is 0 Å². The molecule has 1 aliphatic heterocycles. The predicted octanol–water partition coefficient (Wildman–Crippen LogP) is 0.468. The number of aliphatic carboxylic acids is 2. The van der Waals surface area contributed by atoms with Gasteiger partial charge in [0.25, 0.3) is 5.91 Å². The van der Waals surface area contributed by atoms with Gasteiger partial charge in [-0.05, 0) is 18.6 Å². The Morgan fingerprint density at radius 1 is 1.24 bits per heavy atom. The zero-order chi connectivity index (χ0) is 15.6. The van der Waals surface area contributed by atoms with Crippen LogP contribution in [0.4, 0.5) is 4.39 Å². The number of likely N-dealkylation sites (tertiary alicyclic amines) is 1. The minimum absolute atomic E-state index is 0.0138. The first-order valence-corrected chi connectivity index (χ1v) is 6.27. The number of pyridine rings is 1. The second-order valence-corrected chi connectivity index (χ2v) is 4.77. The lowest BCUT2D eigenvalue weighted by atomic mass is 9.85. The van der Waals surface area contributed by atoms with E-state index < -0.39 is 35.6 Å². The first-order chi connectivity index (χ1) is 9.91. The van der Waals surface area contributed by atoms with E-state index in [0.717, 1.165) is 4.90 Å². The summed E-state index contributed by atoms with van der Waals surface area (Å²) in [5.41, 5.74) is -0.254. The quantitative estimate of drug-likeness (QED) is 0.785. The van der Waals surface area contributed by atoms with Crippen molar-refractivity contribution in [2.45, 2.75) is 6.42 Å². The summed E-state index contributed by atoms with van der Waals surface area (Å²) in [6.07, 6.45) is 1.21. The maximum Gasteiger partial charge on any atom is 0.309 e. The third-order valence-electron chi connectivity index (χ3n) is 3.52. The highest BCUT2D eigenvalue weighted by atomic mass is 19.1. The second-order valence-electron chi connectivity index (χ2n) is 4.77. The number of piperidine rings is 1. The van der Waals surface area contributed by atoms with Crippen LogP contribution in [0.25, 0.3) is 0 Å². The van der Waals surface area contributed by atoms with Crippen LogP contribution in [0.3, 0.4) is 0 Å². The third kappa shape index (κ3) is 2.99. The Morgan fingerprint density at radius 3 is 2.48 bits per heavy atom. The molecule has 0 spiro atoms. The van der Waals surface area contributed by atoms with Gasteiger partial charge in [0.2, 0.25) is 5.95 Å². The first kappa shape index (κ1) is 14.9. The summed E-state index contributed by atoms with van der Waals surface area (Å²) in [5.74, 6) is -6.37. The van der Waals surface area contributed by atoms with Gasteiger partial charge in [-0.25, -0.2) is 4.98 Å². The Bertz CT molecular complexity index is 592. The lowest BCUT2D eigenvalue weighted by Crippen LogP contribution is -2.48. The summed E-state index contributed by atoms with van der Waals surface area (Å²) in [7, 11) is 0. The number of nitrogens with zero attached hydrogens (tertiary/aromatic N) is 2. The van der Waals surface area contributed by atoms with Gasteiger partial charge >= 0.3 is 11.9 Å². The standard InChI is InChI=1S/C13H13FN2O5/c14-10-8(2-1-4-15-10)11(17)16-5-3-7(12(18)19)9(6-16)13(20)21/h1-2,4,7,9H,3,5-6H2,(H,18,19)(H,20,21). The van der Waals surface area contributed by atoms with Crippen molar-refractivity contribution in [2.75, 3.05) is 13.1 Å². The highest BCUT2D eigenvalue weighted by Gasteiger charge is 2.40. The van der Waals surface area contributed by atoms with Crippen LogP contribution in [0.5, 0.6) is 0 Å². The average molecular weight is 296 g/mol. The largest absolute Gasteiger partial charge is 0.481 e. The zero-order valence-corrected chi connectivity index (χ0v) is 10.9. The van der Waals surface area contributed by atoms with E-state index in [1.807, 2.05) is 0 Å². The number of hydrogen-bond acceptors (Lipinski definition) is 4. The van der Waals surface area contributed by atoms with Crippen molar-refractivity contribution in [2.24, 2.45) is 11.8 Å². The van der Waals surface area contributed by atoms with Crippen molar-refractivity contribution >= 4 is 17.8 Å². The topological polar surface area (TPSA) is 108 Å². The van der Waals surface area contributed by atoms with Gasteiger partial charge in [-0.2, -0.15) is 4.39 Å². The summed E-state index contributed by atoms with van der Waals surface area (Å²) in [6, 6.07) is 2.65. The fourth-order valence-corrected chi connectivity index (χ4v) is 2.40. The number of carboxylic acids is 2. The van der Waals surface area contributed by atoms with Gasteiger partial charge in [0, 0.05) is 19.3 Å². The molecular formula is C13H13FN2O5. The molecule has 2 rings (SSSR count). The van der Waals surface area contributed by atoms with E-state index in [-0.39, 0.29) is 25.1 Å². The fourth-order valence-electron chi connectivity index (χ4n) is 2.40. The van der Waals surface area contributed by atoms with E-state index in [1.165, 1.54) is 18.3 Å². The summed E-state index contributed by atoms with van der Waals surface area (Å²) >= 11 is 0. The molecule has 0 saturated carbocycles. The molecule has 0 bridgehead atoms. The minimum Gasteiger partial charge on any atom is -0.481 e. The second kappa shape index (κ2) is 5.86. The normalized spacial score (nSPS) is 21.9. The molecule has 0 aliphatic carbocycles. The number of halogens is 1. The molecule has 1 aliphatic rings. The van der Waals surface area contributed by atoms with Crippen molar-refractivity contribution in [3.05, 3.63) is 29.8 Å². The van der Waals surface area contributed by atoms with Crippen molar-refractivity contribution in [1.29, 1.82) is 0 Å². The van der Waals surface area contributed by atoms with E-state index in [2.05, 4.69) is 4.98 Å². The number of hydrogen-bond donors (Lipinski definition) is 2. The number of aromatic nitrogens is 1. The summed E-state index contributed by atoms with van der Waals surface area (Å²) in [5, 5.41) is 18.1. The first-order valence-electron chi connectivity index (χ1n) is 6.27. The Kier molecular flexibility index (Phi) is 4.15. The molecule has 8 heteroatoms. The van der Waals surface area contributed by atoms with Crippen LogP contribution in [0.2, 0.25) is 0 Å². The van der Waals surface area contributed by atoms with Crippen LogP contribution in [0.1, 0.15) is 16.8 Å². The van der Waals surface area contributed by atoms with E-state index >= 15 is 0 Å². The smallest absolute Gasteiger partial charge is 0.309 e. The summed E-state index contributed by atoms with van der Waals surface area (Å²) < 4.78 is 13.5. The maximum absolute atomic E-state index is 13.5. The van der Waals surface area contributed by atoms with E-state index in [9.17, 15) is 18.8 Å². The highest BCUT2D eigenvalue weighted by Crippen LogP contribution is 2.25. The summed E-state index contributed by atoms with van der Waals surface area (Å²) in [4.78, 5) is 38.9. The van der Waals surface area contributed by atoms with E-state index in [4.69, 9.17) is 10.2 Å². The number of carbonyl (C=O) groups is 3. The Morgan fingerprint density at radius 2 is 1.90 bits per heavy atom. The molecule has 2 N–H and O–H groups in total. The molecular weight excluding hydrogens is 283 g/mol. The van der Waals surface area contributed by atoms with Crippen LogP contribution >= 0.6 is 0 Å². The zero-order valence-electron chi connectivity index (χ0n) is 10.9. The molecule has 1 aromatic heterocycles. The third-order valence-corrected chi connectivity index (χ3v) is 3.52. The number of carboxylic acid groups (broad SMARTS) is 2. The van der Waals surface area contributed by atoms with E-state index in [0.29, 0.717) is 0 Å². The molecule has 2 atom stereocenters. The monoisotopic (exact) mass is 296 g/mol. The molecule has 1 fully saturated rings. The van der Waals surface area contributed by atoms with Crippen LogP contribution < -0.4 is 0 Å².